The molecule has 20 heavy (non-hydrogen) atoms. The number of thiazole rings is 1. The Kier molecular flexibility index (Phi) is 3.33. The molecule has 6 heteroatoms. The fourth-order valence-corrected chi connectivity index (χ4v) is 3.88. The van der Waals surface area contributed by atoms with Crippen molar-refractivity contribution >= 4 is 29.3 Å². The fourth-order valence-electron chi connectivity index (χ4n) is 3.30. The van der Waals surface area contributed by atoms with Crippen molar-refractivity contribution in [3.8, 4) is 0 Å². The fraction of sp³-hybridized carbons (Fsp3) is 0.500. The van der Waals surface area contributed by atoms with Crippen LogP contribution in [0.4, 0.5) is 0 Å². The van der Waals surface area contributed by atoms with Crippen molar-refractivity contribution in [2.45, 2.75) is 38.3 Å². The zero-order valence-electron chi connectivity index (χ0n) is 11.2. The van der Waals surface area contributed by atoms with Crippen LogP contribution in [0.25, 0.3) is 6.08 Å². The van der Waals surface area contributed by atoms with Crippen LogP contribution in [0.1, 0.15) is 30.0 Å². The van der Waals surface area contributed by atoms with Crippen LogP contribution in [0, 0.1) is 12.8 Å². The summed E-state index contributed by atoms with van der Waals surface area (Å²) in [6.45, 7) is 1.92. The van der Waals surface area contributed by atoms with Crippen LogP contribution >= 0.6 is 11.3 Å². The summed E-state index contributed by atoms with van der Waals surface area (Å²) in [5.41, 5.74) is 0.780. The van der Waals surface area contributed by atoms with Gasteiger partial charge in [-0.1, -0.05) is 0 Å². The molecule has 106 valence electrons. The first-order chi connectivity index (χ1) is 9.56. The van der Waals surface area contributed by atoms with Gasteiger partial charge < -0.3 is 10.0 Å². The van der Waals surface area contributed by atoms with Crippen LogP contribution < -0.4 is 0 Å². The first-order valence-electron chi connectivity index (χ1n) is 6.71. The number of hydrogen-bond acceptors (Lipinski definition) is 4. The van der Waals surface area contributed by atoms with Gasteiger partial charge in [0, 0.05) is 23.5 Å². The molecule has 0 aliphatic carbocycles. The number of nitrogens with zero attached hydrogens (tertiary/aromatic N) is 2. The van der Waals surface area contributed by atoms with Crippen LogP contribution in [0.2, 0.25) is 0 Å². The maximum Gasteiger partial charge on any atom is 0.308 e. The molecule has 5 nitrogen and oxygen atoms in total. The van der Waals surface area contributed by atoms with Crippen molar-refractivity contribution in [3.63, 3.8) is 0 Å². The second-order valence-corrected chi connectivity index (χ2v) is 6.41. The third-order valence-corrected chi connectivity index (χ3v) is 4.93. The van der Waals surface area contributed by atoms with E-state index in [-0.39, 0.29) is 18.0 Å². The molecule has 0 saturated carbocycles. The molecule has 2 saturated heterocycles. The topological polar surface area (TPSA) is 70.5 Å². The van der Waals surface area contributed by atoms with Gasteiger partial charge in [-0.25, -0.2) is 4.98 Å². The number of carbonyl (C=O) groups is 2. The monoisotopic (exact) mass is 292 g/mol. The summed E-state index contributed by atoms with van der Waals surface area (Å²) in [4.78, 5) is 29.5. The molecule has 0 radical (unpaired) electrons. The van der Waals surface area contributed by atoms with Gasteiger partial charge >= 0.3 is 5.97 Å². The number of aryl methyl sites for hydroxylation is 1. The third kappa shape index (κ3) is 2.24. The lowest BCUT2D eigenvalue weighted by Crippen LogP contribution is -2.36. The van der Waals surface area contributed by atoms with Crippen molar-refractivity contribution < 1.29 is 14.7 Å². The smallest absolute Gasteiger partial charge is 0.308 e. The lowest BCUT2D eigenvalue weighted by Gasteiger charge is -2.21. The number of rotatable bonds is 3. The number of hydrogen-bond donors (Lipinski definition) is 1. The van der Waals surface area contributed by atoms with Gasteiger partial charge in [-0.05, 0) is 32.3 Å². The summed E-state index contributed by atoms with van der Waals surface area (Å²) in [5.74, 6) is -1.27. The number of carbonyl (C=O) groups excluding carboxylic acids is 1. The standard InChI is InChI=1S/C14H16N2O3S/c1-8-15-9(7-20-8)2-5-13(17)16-10-3-4-12(16)11(6-10)14(18)19/h2,5,7,10-12H,3-4,6H2,1H3,(H,18,19). The minimum atomic E-state index is -0.783. The molecule has 3 atom stereocenters. The predicted molar refractivity (Wildman–Crippen MR) is 75.3 cm³/mol. The van der Waals surface area contributed by atoms with E-state index in [0.717, 1.165) is 23.5 Å². The molecule has 1 amide bonds. The Bertz CT molecular complexity index is 581. The molecule has 1 aromatic heterocycles. The van der Waals surface area contributed by atoms with Crippen LogP contribution in [-0.4, -0.2) is 39.0 Å². The average Bonchev–Trinajstić information content (AvgIpc) is 3.09. The summed E-state index contributed by atoms with van der Waals surface area (Å²) >= 11 is 1.54. The Morgan fingerprint density at radius 3 is 2.90 bits per heavy atom. The zero-order chi connectivity index (χ0) is 14.3. The van der Waals surface area contributed by atoms with E-state index in [0.29, 0.717) is 6.42 Å². The van der Waals surface area contributed by atoms with Crippen molar-refractivity contribution in [1.29, 1.82) is 0 Å². The highest BCUT2D eigenvalue weighted by Gasteiger charge is 2.50. The number of aliphatic carboxylic acids is 1. The van der Waals surface area contributed by atoms with Gasteiger partial charge in [0.1, 0.15) is 0 Å². The molecule has 1 N–H and O–H groups in total. The van der Waals surface area contributed by atoms with Crippen molar-refractivity contribution in [1.82, 2.24) is 9.88 Å². The van der Waals surface area contributed by atoms with Gasteiger partial charge in [0.2, 0.25) is 5.91 Å². The van der Waals surface area contributed by atoms with Crippen molar-refractivity contribution in [2.75, 3.05) is 0 Å². The van der Waals surface area contributed by atoms with E-state index >= 15 is 0 Å². The Labute approximate surface area is 120 Å². The summed E-state index contributed by atoms with van der Waals surface area (Å²) in [6, 6.07) is -0.0396. The number of amides is 1. The highest BCUT2D eigenvalue weighted by atomic mass is 32.1. The molecule has 0 spiro atoms. The van der Waals surface area contributed by atoms with E-state index in [9.17, 15) is 14.7 Å². The average molecular weight is 292 g/mol. The largest absolute Gasteiger partial charge is 0.481 e. The molecule has 2 fully saturated rings. The number of aromatic nitrogens is 1. The highest BCUT2D eigenvalue weighted by molar-refractivity contribution is 7.09. The van der Waals surface area contributed by atoms with E-state index in [2.05, 4.69) is 4.98 Å². The second-order valence-electron chi connectivity index (χ2n) is 5.35. The first-order valence-corrected chi connectivity index (χ1v) is 7.59. The molecule has 0 aromatic carbocycles. The Hall–Kier alpha value is -1.69. The predicted octanol–water partition coefficient (Wildman–Crippen LogP) is 1.93. The maximum absolute atomic E-state index is 12.3. The van der Waals surface area contributed by atoms with Gasteiger partial charge in [-0.15, -0.1) is 11.3 Å². The first kappa shape index (κ1) is 13.3. The van der Waals surface area contributed by atoms with Crippen LogP contribution in [0.5, 0.6) is 0 Å². The van der Waals surface area contributed by atoms with E-state index in [1.54, 1.807) is 22.3 Å². The van der Waals surface area contributed by atoms with E-state index in [4.69, 9.17) is 0 Å². The summed E-state index contributed by atoms with van der Waals surface area (Å²) in [6.07, 6.45) is 5.54. The Morgan fingerprint density at radius 2 is 2.30 bits per heavy atom. The summed E-state index contributed by atoms with van der Waals surface area (Å²) < 4.78 is 0. The number of carboxylic acids is 1. The molecule has 2 bridgehead atoms. The molecule has 1 aromatic rings. The summed E-state index contributed by atoms with van der Waals surface area (Å²) in [5, 5.41) is 12.0. The zero-order valence-corrected chi connectivity index (χ0v) is 12.0. The lowest BCUT2D eigenvalue weighted by atomic mass is 9.89. The number of carboxylic acid groups (broad SMARTS) is 1. The minimum Gasteiger partial charge on any atom is -0.481 e. The van der Waals surface area contributed by atoms with Crippen LogP contribution in [0.15, 0.2) is 11.5 Å². The van der Waals surface area contributed by atoms with Gasteiger partial charge in [0.05, 0.1) is 16.6 Å². The molecular formula is C14H16N2O3S. The molecule has 3 heterocycles. The Balaban J connectivity index is 1.72. The second kappa shape index (κ2) is 5.01. The lowest BCUT2D eigenvalue weighted by molar-refractivity contribution is -0.143. The molecule has 3 unspecified atom stereocenters. The molecule has 2 aliphatic rings. The minimum absolute atomic E-state index is 0.0908. The normalized spacial score (nSPS) is 28.4. The van der Waals surface area contributed by atoms with Gasteiger partial charge in [0.15, 0.2) is 0 Å². The molecule has 3 rings (SSSR count). The summed E-state index contributed by atoms with van der Waals surface area (Å²) in [7, 11) is 0. The highest BCUT2D eigenvalue weighted by Crippen LogP contribution is 2.41. The van der Waals surface area contributed by atoms with E-state index in [1.165, 1.54) is 6.08 Å². The van der Waals surface area contributed by atoms with Gasteiger partial charge in [0.25, 0.3) is 0 Å². The number of fused-ring (bicyclic) bond motifs is 2. The SMILES string of the molecule is Cc1nc(C=CC(=O)N2C3CCC2C(C(=O)O)C3)cs1. The maximum atomic E-state index is 12.3. The third-order valence-electron chi connectivity index (χ3n) is 4.14. The quantitative estimate of drug-likeness (QED) is 0.864. The van der Waals surface area contributed by atoms with E-state index in [1.807, 2.05) is 12.3 Å². The van der Waals surface area contributed by atoms with Crippen LogP contribution in [-0.2, 0) is 9.59 Å². The molecule has 2 aliphatic heterocycles. The van der Waals surface area contributed by atoms with Gasteiger partial charge in [-0.3, -0.25) is 9.59 Å². The Morgan fingerprint density at radius 1 is 1.50 bits per heavy atom. The van der Waals surface area contributed by atoms with Gasteiger partial charge in [-0.2, -0.15) is 0 Å². The van der Waals surface area contributed by atoms with Crippen molar-refractivity contribution in [2.24, 2.45) is 5.92 Å². The van der Waals surface area contributed by atoms with Crippen LogP contribution in [0.3, 0.4) is 0 Å². The van der Waals surface area contributed by atoms with Crippen molar-refractivity contribution in [3.05, 3.63) is 22.2 Å². The van der Waals surface area contributed by atoms with E-state index < -0.39 is 11.9 Å². The molecular weight excluding hydrogens is 276 g/mol.